The van der Waals surface area contributed by atoms with Gasteiger partial charge in [0.15, 0.2) is 5.65 Å². The zero-order valence-electron chi connectivity index (χ0n) is 19.8. The lowest BCUT2D eigenvalue weighted by molar-refractivity contribution is 0.0448. The number of fused-ring (bicyclic) bond motifs is 2. The highest BCUT2D eigenvalue weighted by atomic mass is 16.5. The Bertz CT molecular complexity index is 1510. The fraction of sp³-hybridized carbons (Fsp3) is 0.318. The van der Waals surface area contributed by atoms with Crippen LogP contribution in [0.1, 0.15) is 22.5 Å². The number of rotatable bonds is 3. The fourth-order valence-corrected chi connectivity index (χ4v) is 4.00. The number of aromatic nitrogens is 5. The SMILES string of the molecule is [2H]C([2H])([2H])n1c(=O)n(C2(C#N)CCOCC2)c2nc(Nc3cc4cccnc4cc3C)ncc21. The lowest BCUT2D eigenvalue weighted by Crippen LogP contribution is -2.44. The number of ether oxygens (including phenoxy) is 1. The second-order valence-corrected chi connectivity index (χ2v) is 7.60. The molecule has 4 aromatic rings. The summed E-state index contributed by atoms with van der Waals surface area (Å²) in [7, 11) is 0. The molecule has 9 nitrogen and oxygen atoms in total. The van der Waals surface area contributed by atoms with Crippen LogP contribution in [0.2, 0.25) is 0 Å². The van der Waals surface area contributed by atoms with Gasteiger partial charge in [-0.15, -0.1) is 0 Å². The van der Waals surface area contributed by atoms with E-state index in [4.69, 9.17) is 8.85 Å². The molecular weight excluding hydrogens is 394 g/mol. The van der Waals surface area contributed by atoms with E-state index in [-0.39, 0.29) is 43.2 Å². The van der Waals surface area contributed by atoms with Crippen molar-refractivity contribution in [1.82, 2.24) is 24.1 Å². The van der Waals surface area contributed by atoms with Crippen molar-refractivity contribution in [3.63, 3.8) is 0 Å². The van der Waals surface area contributed by atoms with Crippen molar-refractivity contribution in [2.75, 3.05) is 18.5 Å². The summed E-state index contributed by atoms with van der Waals surface area (Å²) in [4.78, 5) is 26.5. The minimum absolute atomic E-state index is 0.0381. The zero-order valence-corrected chi connectivity index (χ0v) is 16.8. The van der Waals surface area contributed by atoms with Gasteiger partial charge in [-0.3, -0.25) is 14.1 Å². The maximum absolute atomic E-state index is 13.3. The second-order valence-electron chi connectivity index (χ2n) is 7.60. The van der Waals surface area contributed by atoms with Crippen LogP contribution >= 0.6 is 0 Å². The first-order chi connectivity index (χ1) is 16.2. The Balaban J connectivity index is 1.69. The molecule has 0 aliphatic carbocycles. The van der Waals surface area contributed by atoms with Gasteiger partial charge in [0, 0.05) is 54.4 Å². The van der Waals surface area contributed by atoms with Crippen molar-refractivity contribution in [3.8, 4) is 6.07 Å². The second kappa shape index (κ2) is 7.18. The summed E-state index contributed by atoms with van der Waals surface area (Å²) >= 11 is 0. The normalized spacial score (nSPS) is 17.6. The Hall–Kier alpha value is -3.77. The summed E-state index contributed by atoms with van der Waals surface area (Å²) in [6, 6.07) is 9.86. The molecule has 1 aliphatic heterocycles. The Kier molecular flexibility index (Phi) is 3.70. The predicted molar refractivity (Wildman–Crippen MR) is 116 cm³/mol. The van der Waals surface area contributed by atoms with E-state index in [1.165, 1.54) is 10.8 Å². The van der Waals surface area contributed by atoms with E-state index < -0.39 is 18.2 Å². The molecule has 3 aromatic heterocycles. The van der Waals surface area contributed by atoms with Crippen LogP contribution in [0.15, 0.2) is 41.5 Å². The first-order valence-electron chi connectivity index (χ1n) is 11.4. The molecule has 156 valence electrons. The third-order valence-electron chi connectivity index (χ3n) is 5.74. The molecule has 4 heterocycles. The summed E-state index contributed by atoms with van der Waals surface area (Å²) in [6.45, 7) is -0.284. The summed E-state index contributed by atoms with van der Waals surface area (Å²) in [5, 5.41) is 14.1. The number of benzene rings is 1. The highest BCUT2D eigenvalue weighted by molar-refractivity contribution is 5.85. The number of nitrogens with one attached hydrogen (secondary N) is 1. The molecular formula is C22H21N7O2. The molecule has 1 fully saturated rings. The highest BCUT2D eigenvalue weighted by Crippen LogP contribution is 2.31. The minimum atomic E-state index is -2.76. The van der Waals surface area contributed by atoms with Crippen molar-refractivity contribution >= 4 is 33.7 Å². The maximum atomic E-state index is 13.3. The third kappa shape index (κ3) is 3.04. The Morgan fingerprint density at radius 3 is 2.94 bits per heavy atom. The molecule has 0 atom stereocenters. The summed E-state index contributed by atoms with van der Waals surface area (Å²) < 4.78 is 30.9. The van der Waals surface area contributed by atoms with E-state index in [0.29, 0.717) is 4.57 Å². The van der Waals surface area contributed by atoms with Gasteiger partial charge >= 0.3 is 5.69 Å². The quantitative estimate of drug-likeness (QED) is 0.545. The molecule has 9 heteroatoms. The number of nitrogens with zero attached hydrogens (tertiary/aromatic N) is 6. The van der Waals surface area contributed by atoms with E-state index in [2.05, 4.69) is 26.3 Å². The van der Waals surface area contributed by atoms with Crippen LogP contribution in [0, 0.1) is 18.3 Å². The molecule has 0 radical (unpaired) electrons. The smallest absolute Gasteiger partial charge is 0.331 e. The molecule has 0 bridgehead atoms. The van der Waals surface area contributed by atoms with E-state index in [1.807, 2.05) is 31.2 Å². The molecule has 1 aliphatic rings. The average Bonchev–Trinajstić information content (AvgIpc) is 3.12. The van der Waals surface area contributed by atoms with Gasteiger partial charge in [0.05, 0.1) is 17.8 Å². The number of pyridine rings is 1. The fourth-order valence-electron chi connectivity index (χ4n) is 4.00. The van der Waals surface area contributed by atoms with Gasteiger partial charge in [-0.05, 0) is 30.7 Å². The van der Waals surface area contributed by atoms with Gasteiger partial charge in [-0.25, -0.2) is 9.78 Å². The molecule has 1 saturated heterocycles. The Morgan fingerprint density at radius 1 is 1.32 bits per heavy atom. The van der Waals surface area contributed by atoms with Crippen LogP contribution in [0.3, 0.4) is 0 Å². The summed E-state index contributed by atoms with van der Waals surface area (Å²) in [6.07, 6.45) is 3.51. The minimum Gasteiger partial charge on any atom is -0.381 e. The largest absolute Gasteiger partial charge is 0.381 e. The molecule has 0 saturated carbocycles. The van der Waals surface area contributed by atoms with E-state index in [1.54, 1.807) is 6.20 Å². The molecule has 5 rings (SSSR count). The van der Waals surface area contributed by atoms with Gasteiger partial charge in [0.1, 0.15) is 11.1 Å². The number of aryl methyl sites for hydroxylation is 2. The molecule has 0 spiro atoms. The standard InChI is InChI=1S/C22H21N7O2/c1-14-10-17-15(4-3-7-24-17)11-16(14)26-20-25-12-18-19(27-20)29(21(30)28(18)2)22(13-23)5-8-31-9-6-22/h3-4,7,10-12H,5-6,8-9H2,1-2H3,(H,25,26,27)/i2D3. The van der Waals surface area contributed by atoms with E-state index >= 15 is 0 Å². The molecule has 31 heavy (non-hydrogen) atoms. The Labute approximate surface area is 182 Å². The van der Waals surface area contributed by atoms with Crippen molar-refractivity contribution in [2.24, 2.45) is 6.98 Å². The lowest BCUT2D eigenvalue weighted by Gasteiger charge is -2.31. The van der Waals surface area contributed by atoms with Crippen molar-refractivity contribution in [1.29, 1.82) is 5.26 Å². The number of nitriles is 1. The van der Waals surface area contributed by atoms with Crippen LogP contribution < -0.4 is 11.0 Å². The summed E-state index contributed by atoms with van der Waals surface area (Å²) in [5.41, 5.74) is 0.535. The number of anilines is 2. The van der Waals surface area contributed by atoms with Crippen molar-refractivity contribution < 1.29 is 8.85 Å². The van der Waals surface area contributed by atoms with Gasteiger partial charge in [0.25, 0.3) is 0 Å². The summed E-state index contributed by atoms with van der Waals surface area (Å²) in [5.74, 6) is 0.176. The maximum Gasteiger partial charge on any atom is 0.331 e. The monoisotopic (exact) mass is 418 g/mol. The number of hydrogen-bond donors (Lipinski definition) is 1. The van der Waals surface area contributed by atoms with Crippen LogP contribution in [0.4, 0.5) is 11.6 Å². The number of imidazole rings is 1. The topological polar surface area (TPSA) is 111 Å². The molecule has 1 aromatic carbocycles. The lowest BCUT2D eigenvalue weighted by atomic mass is 9.91. The van der Waals surface area contributed by atoms with Crippen molar-refractivity contribution in [2.45, 2.75) is 25.3 Å². The van der Waals surface area contributed by atoms with Crippen LogP contribution in [-0.4, -0.2) is 37.3 Å². The van der Waals surface area contributed by atoms with Gasteiger partial charge < -0.3 is 10.1 Å². The predicted octanol–water partition coefficient (Wildman–Crippen LogP) is 2.76. The van der Waals surface area contributed by atoms with Crippen LogP contribution in [0.25, 0.3) is 22.1 Å². The van der Waals surface area contributed by atoms with E-state index in [0.717, 1.165) is 22.2 Å². The van der Waals surface area contributed by atoms with Crippen molar-refractivity contribution in [3.05, 3.63) is 52.7 Å². The van der Waals surface area contributed by atoms with Gasteiger partial charge in [-0.1, -0.05) is 6.07 Å². The zero-order chi connectivity index (χ0) is 24.1. The first-order valence-corrected chi connectivity index (χ1v) is 9.86. The first kappa shape index (κ1) is 16.0. The van der Waals surface area contributed by atoms with Crippen LogP contribution in [0.5, 0.6) is 0 Å². The third-order valence-corrected chi connectivity index (χ3v) is 5.74. The average molecular weight is 418 g/mol. The number of hydrogen-bond acceptors (Lipinski definition) is 7. The van der Waals surface area contributed by atoms with E-state index in [9.17, 15) is 10.1 Å². The molecule has 0 amide bonds. The Morgan fingerprint density at radius 2 is 2.16 bits per heavy atom. The highest BCUT2D eigenvalue weighted by Gasteiger charge is 2.38. The van der Waals surface area contributed by atoms with Gasteiger partial charge in [-0.2, -0.15) is 10.2 Å². The molecule has 1 N–H and O–H groups in total. The van der Waals surface area contributed by atoms with Gasteiger partial charge in [0.2, 0.25) is 5.95 Å². The molecule has 0 unspecified atom stereocenters. The van der Waals surface area contributed by atoms with Crippen LogP contribution in [-0.2, 0) is 17.3 Å².